The van der Waals surface area contributed by atoms with Crippen LogP contribution in [0.5, 0.6) is 0 Å². The van der Waals surface area contributed by atoms with Crippen LogP contribution in [0.4, 0.5) is 34.1 Å². The normalized spacial score (nSPS) is 12.4. The van der Waals surface area contributed by atoms with Crippen LogP contribution in [0.25, 0.3) is 89.2 Å². The molecule has 5 nitrogen and oxygen atoms in total. The van der Waals surface area contributed by atoms with Gasteiger partial charge in [0.05, 0.1) is 50.9 Å². The molecule has 2 aliphatic heterocycles. The van der Waals surface area contributed by atoms with E-state index >= 15 is 0 Å². The lowest BCUT2D eigenvalue weighted by Gasteiger charge is -2.32. The Morgan fingerprint density at radius 2 is 0.676 bits per heavy atom. The predicted octanol–water partition coefficient (Wildman–Crippen LogP) is 16.9. The molecule has 0 spiro atoms. The van der Waals surface area contributed by atoms with Crippen molar-refractivity contribution in [2.45, 2.75) is 0 Å². The van der Waals surface area contributed by atoms with E-state index in [0.717, 1.165) is 67.9 Å². The summed E-state index contributed by atoms with van der Waals surface area (Å²) in [5.74, 6) is 0. The minimum atomic E-state index is 0.901. The largest absolute Gasteiger partial charge is 0.309 e. The highest BCUT2D eigenvalue weighted by molar-refractivity contribution is 6.15. The maximum Gasteiger partial charge on any atom is 0.0703 e. The molecule has 68 heavy (non-hydrogen) atoms. The molecule has 12 aromatic rings. The number of rotatable bonds is 5. The fourth-order valence-corrected chi connectivity index (χ4v) is 11.1. The second kappa shape index (κ2) is 15.2. The van der Waals surface area contributed by atoms with Gasteiger partial charge >= 0.3 is 0 Å². The van der Waals surface area contributed by atoms with E-state index in [0.29, 0.717) is 0 Å². The van der Waals surface area contributed by atoms with Crippen LogP contribution in [0.2, 0.25) is 0 Å². The maximum atomic E-state index is 5.00. The molecule has 0 radical (unpaired) electrons. The van der Waals surface area contributed by atoms with E-state index in [1.165, 1.54) is 55.4 Å². The molecule has 9 aromatic carbocycles. The molecule has 14 rings (SSSR count). The number of para-hydroxylation sites is 8. The molecule has 0 N–H and O–H groups in total. The Kier molecular flexibility index (Phi) is 8.52. The zero-order chi connectivity index (χ0) is 44.7. The van der Waals surface area contributed by atoms with Crippen molar-refractivity contribution in [2.75, 3.05) is 9.80 Å². The topological polar surface area (TPSA) is 29.2 Å². The summed E-state index contributed by atoms with van der Waals surface area (Å²) < 4.78 is 4.90. The van der Waals surface area contributed by atoms with Gasteiger partial charge < -0.3 is 18.9 Å². The van der Waals surface area contributed by atoms with Gasteiger partial charge in [0.1, 0.15) is 0 Å². The first-order chi connectivity index (χ1) is 33.8. The number of nitrogens with zero attached hydrogens (tertiary/aromatic N) is 5. The highest BCUT2D eigenvalue weighted by Gasteiger charge is 2.34. The van der Waals surface area contributed by atoms with Gasteiger partial charge in [0, 0.05) is 78.7 Å². The molecular formula is C63H41N5. The maximum absolute atomic E-state index is 5.00. The Labute approximate surface area is 394 Å². The SMILES string of the molecule is c1ccc(-n2c3c(c4ccccc42)-c2ccccc2N(c2cc(-c4ccccn4)cc(N4c5ccccc5-c5c(n(-c6ccccc6)c6ccccc56)-c5ccccc54)c2)c2ccccc2-3)cc1. The first-order valence-corrected chi connectivity index (χ1v) is 23.2. The number of aromatic nitrogens is 3. The summed E-state index contributed by atoms with van der Waals surface area (Å²) in [7, 11) is 0. The lowest BCUT2D eigenvalue weighted by atomic mass is 9.98. The molecule has 0 atom stereocenters. The zero-order valence-corrected chi connectivity index (χ0v) is 36.9. The third-order valence-corrected chi connectivity index (χ3v) is 13.8. The summed E-state index contributed by atoms with van der Waals surface area (Å²) in [5.41, 5.74) is 22.4. The quantitative estimate of drug-likeness (QED) is 0.173. The Morgan fingerprint density at radius 1 is 0.294 bits per heavy atom. The van der Waals surface area contributed by atoms with Crippen molar-refractivity contribution in [2.24, 2.45) is 0 Å². The monoisotopic (exact) mass is 867 g/mol. The summed E-state index contributed by atoms with van der Waals surface area (Å²) in [5, 5.41) is 2.42. The van der Waals surface area contributed by atoms with Crippen LogP contribution in [-0.4, -0.2) is 14.1 Å². The molecule has 0 fully saturated rings. The number of pyridine rings is 1. The molecule has 5 heteroatoms. The van der Waals surface area contributed by atoms with Crippen LogP contribution in [0.3, 0.4) is 0 Å². The Morgan fingerprint density at radius 3 is 1.13 bits per heavy atom. The van der Waals surface area contributed by atoms with E-state index in [1.54, 1.807) is 0 Å². The molecule has 5 heterocycles. The summed E-state index contributed by atoms with van der Waals surface area (Å²) in [6.07, 6.45) is 1.89. The highest BCUT2D eigenvalue weighted by Crippen LogP contribution is 2.58. The fourth-order valence-electron chi connectivity index (χ4n) is 11.1. The third-order valence-electron chi connectivity index (χ3n) is 13.8. The summed E-state index contributed by atoms with van der Waals surface area (Å²) in [4.78, 5) is 9.96. The second-order valence-corrected chi connectivity index (χ2v) is 17.5. The van der Waals surface area contributed by atoms with Crippen LogP contribution in [0.1, 0.15) is 0 Å². The van der Waals surface area contributed by atoms with Crippen LogP contribution >= 0.6 is 0 Å². The molecule has 318 valence electrons. The van der Waals surface area contributed by atoms with E-state index < -0.39 is 0 Å². The van der Waals surface area contributed by atoms with E-state index in [1.807, 2.05) is 12.3 Å². The lowest BCUT2D eigenvalue weighted by molar-refractivity contribution is 1.13. The van der Waals surface area contributed by atoms with Gasteiger partial charge in [-0.05, 0) is 91.0 Å². The van der Waals surface area contributed by atoms with Gasteiger partial charge in [-0.15, -0.1) is 0 Å². The second-order valence-electron chi connectivity index (χ2n) is 17.5. The first-order valence-electron chi connectivity index (χ1n) is 23.2. The van der Waals surface area contributed by atoms with E-state index in [2.05, 4.69) is 256 Å². The predicted molar refractivity (Wildman–Crippen MR) is 282 cm³/mol. The Balaban J connectivity index is 1.07. The first kappa shape index (κ1) is 38.1. The van der Waals surface area contributed by atoms with Crippen molar-refractivity contribution in [1.29, 1.82) is 0 Å². The van der Waals surface area contributed by atoms with E-state index in [9.17, 15) is 0 Å². The van der Waals surface area contributed by atoms with Crippen molar-refractivity contribution >= 4 is 55.9 Å². The lowest BCUT2D eigenvalue weighted by Crippen LogP contribution is -2.15. The van der Waals surface area contributed by atoms with Gasteiger partial charge in [-0.3, -0.25) is 4.98 Å². The van der Waals surface area contributed by atoms with Gasteiger partial charge in [-0.25, -0.2) is 0 Å². The van der Waals surface area contributed by atoms with Crippen LogP contribution < -0.4 is 9.80 Å². The fraction of sp³-hybridized carbons (Fsp3) is 0. The molecule has 3 aromatic heterocycles. The number of hydrogen-bond donors (Lipinski definition) is 0. The van der Waals surface area contributed by atoms with Gasteiger partial charge in [-0.2, -0.15) is 0 Å². The molecule has 0 amide bonds. The molecule has 0 saturated heterocycles. The van der Waals surface area contributed by atoms with Crippen LogP contribution in [0.15, 0.2) is 249 Å². The average molecular weight is 868 g/mol. The number of benzene rings is 9. The van der Waals surface area contributed by atoms with Gasteiger partial charge in [0.15, 0.2) is 0 Å². The Hall–Kier alpha value is -9.19. The molecule has 2 aliphatic rings. The summed E-state index contributed by atoms with van der Waals surface area (Å²) in [6.45, 7) is 0. The molecule has 0 bridgehead atoms. The van der Waals surface area contributed by atoms with Crippen LogP contribution in [-0.2, 0) is 0 Å². The third kappa shape index (κ3) is 5.66. The minimum absolute atomic E-state index is 0.901. The van der Waals surface area contributed by atoms with E-state index in [-0.39, 0.29) is 0 Å². The van der Waals surface area contributed by atoms with Gasteiger partial charge in [-0.1, -0.05) is 152 Å². The zero-order valence-electron chi connectivity index (χ0n) is 36.9. The van der Waals surface area contributed by atoms with Crippen LogP contribution in [0, 0.1) is 0 Å². The summed E-state index contributed by atoms with van der Waals surface area (Å²) in [6, 6.07) is 88.1. The standard InChI is InChI=1S/C63H41N5/c1-3-21-43(22-4-1)67-56-34-15-9-27-49(56)60-47-25-7-13-32-54(47)65(58-36-17-11-29-51(58)62(60)67)45-39-42(53-31-19-20-38-64-53)40-46(41-45)66-55-33-14-8-26-48(55)61-50-28-10-16-35-57(50)68(44-23-5-2-6-24-44)63(61)52-30-12-18-37-59(52)66/h1-41H. The van der Waals surface area contributed by atoms with Gasteiger partial charge in [0.25, 0.3) is 0 Å². The van der Waals surface area contributed by atoms with Crippen molar-refractivity contribution in [3.63, 3.8) is 0 Å². The highest BCUT2D eigenvalue weighted by atomic mass is 15.2. The number of fused-ring (bicyclic) bond motifs is 14. The number of hydrogen-bond acceptors (Lipinski definition) is 3. The van der Waals surface area contributed by atoms with E-state index in [4.69, 9.17) is 4.98 Å². The summed E-state index contributed by atoms with van der Waals surface area (Å²) >= 11 is 0. The van der Waals surface area contributed by atoms with Crippen molar-refractivity contribution in [3.05, 3.63) is 249 Å². The van der Waals surface area contributed by atoms with Crippen molar-refractivity contribution in [1.82, 2.24) is 14.1 Å². The molecular weight excluding hydrogens is 827 g/mol. The molecule has 0 unspecified atom stereocenters. The number of anilines is 6. The smallest absolute Gasteiger partial charge is 0.0703 e. The van der Waals surface area contributed by atoms with Gasteiger partial charge in [0.2, 0.25) is 0 Å². The minimum Gasteiger partial charge on any atom is -0.309 e. The average Bonchev–Trinajstić information content (AvgIpc) is 3.85. The van der Waals surface area contributed by atoms with Crippen molar-refractivity contribution in [3.8, 4) is 67.4 Å². The van der Waals surface area contributed by atoms with Crippen molar-refractivity contribution < 1.29 is 0 Å². The molecule has 0 saturated carbocycles. The Bertz CT molecular complexity index is 3690. The molecule has 0 aliphatic carbocycles.